The first-order valence-corrected chi connectivity index (χ1v) is 8.39. The fourth-order valence-corrected chi connectivity index (χ4v) is 3.72. The maximum absolute atomic E-state index is 13.8. The molecule has 0 saturated heterocycles. The van der Waals surface area contributed by atoms with E-state index >= 15 is 0 Å². The lowest BCUT2D eigenvalue weighted by molar-refractivity contribution is 0.159. The fourth-order valence-electron chi connectivity index (χ4n) is 3.72. The molecule has 1 saturated carbocycles. The van der Waals surface area contributed by atoms with Gasteiger partial charge in [0.1, 0.15) is 5.82 Å². The van der Waals surface area contributed by atoms with Crippen molar-refractivity contribution in [1.29, 1.82) is 0 Å². The molecule has 0 bridgehead atoms. The average molecular weight is 291 g/mol. The lowest BCUT2D eigenvalue weighted by atomic mass is 9.65. The highest BCUT2D eigenvalue weighted by atomic mass is 19.1. The summed E-state index contributed by atoms with van der Waals surface area (Å²) in [5.74, 6) is 1.02. The van der Waals surface area contributed by atoms with Gasteiger partial charge in [-0.25, -0.2) is 4.39 Å². The molecule has 21 heavy (non-hydrogen) atoms. The van der Waals surface area contributed by atoms with Crippen molar-refractivity contribution >= 4 is 0 Å². The number of hydrogen-bond donors (Lipinski definition) is 1. The summed E-state index contributed by atoms with van der Waals surface area (Å²) < 4.78 is 13.8. The van der Waals surface area contributed by atoms with Crippen LogP contribution in [0.15, 0.2) is 18.2 Å². The molecule has 1 aromatic rings. The van der Waals surface area contributed by atoms with Crippen molar-refractivity contribution in [3.8, 4) is 0 Å². The summed E-state index contributed by atoms with van der Waals surface area (Å²) in [6.07, 6.45) is 4.84. The van der Waals surface area contributed by atoms with Crippen LogP contribution < -0.4 is 5.32 Å². The van der Waals surface area contributed by atoms with Crippen molar-refractivity contribution in [1.82, 2.24) is 5.32 Å². The van der Waals surface area contributed by atoms with Gasteiger partial charge in [-0.1, -0.05) is 26.8 Å². The van der Waals surface area contributed by atoms with E-state index in [0.717, 1.165) is 25.1 Å². The zero-order valence-electron chi connectivity index (χ0n) is 14.0. The van der Waals surface area contributed by atoms with E-state index in [2.05, 4.69) is 32.2 Å². The molecular formula is C19H30FN. The number of nitrogens with one attached hydrogen (secondary N) is 1. The van der Waals surface area contributed by atoms with E-state index in [1.165, 1.54) is 24.8 Å². The van der Waals surface area contributed by atoms with Gasteiger partial charge in [0.15, 0.2) is 0 Å². The molecule has 0 aliphatic heterocycles. The minimum atomic E-state index is -0.0892. The summed E-state index contributed by atoms with van der Waals surface area (Å²) >= 11 is 0. The highest BCUT2D eigenvalue weighted by Crippen LogP contribution is 2.46. The van der Waals surface area contributed by atoms with Crippen molar-refractivity contribution in [3.05, 3.63) is 35.1 Å². The molecule has 0 amide bonds. The molecule has 1 N–H and O–H groups in total. The van der Waals surface area contributed by atoms with E-state index in [9.17, 15) is 4.39 Å². The lowest BCUT2D eigenvalue weighted by Crippen LogP contribution is -2.35. The van der Waals surface area contributed by atoms with Gasteiger partial charge < -0.3 is 5.32 Å². The molecular weight excluding hydrogens is 261 g/mol. The van der Waals surface area contributed by atoms with Crippen LogP contribution in [0.2, 0.25) is 0 Å². The van der Waals surface area contributed by atoms with E-state index in [1.807, 2.05) is 6.92 Å². The smallest absolute Gasteiger partial charge is 0.123 e. The van der Waals surface area contributed by atoms with Gasteiger partial charge in [-0.15, -0.1) is 0 Å². The van der Waals surface area contributed by atoms with Crippen LogP contribution in [0.1, 0.15) is 63.5 Å². The molecule has 1 nitrogen and oxygen atoms in total. The van der Waals surface area contributed by atoms with Crippen LogP contribution in [-0.2, 0) is 0 Å². The average Bonchev–Trinajstić information content (AvgIpc) is 2.39. The third-order valence-electron chi connectivity index (χ3n) is 4.86. The minimum absolute atomic E-state index is 0.0892. The van der Waals surface area contributed by atoms with E-state index in [1.54, 1.807) is 12.1 Å². The lowest BCUT2D eigenvalue weighted by Gasteiger charge is -2.41. The predicted octanol–water partition coefficient (Wildman–Crippen LogP) is 5.04. The summed E-state index contributed by atoms with van der Waals surface area (Å²) in [6.45, 7) is 11.0. The second-order valence-electron chi connectivity index (χ2n) is 7.54. The maximum atomic E-state index is 13.8. The first-order valence-electron chi connectivity index (χ1n) is 8.39. The van der Waals surface area contributed by atoms with Crippen LogP contribution in [0.3, 0.4) is 0 Å². The Morgan fingerprint density at radius 1 is 1.29 bits per heavy atom. The first kappa shape index (κ1) is 16.5. The second-order valence-corrected chi connectivity index (χ2v) is 7.54. The number of rotatable bonds is 5. The highest BCUT2D eigenvalue weighted by molar-refractivity contribution is 5.28. The number of benzene rings is 1. The molecule has 118 valence electrons. The summed E-state index contributed by atoms with van der Waals surface area (Å²) in [5.41, 5.74) is 2.60. The molecule has 1 aliphatic carbocycles. The van der Waals surface area contributed by atoms with E-state index in [-0.39, 0.29) is 5.82 Å². The van der Waals surface area contributed by atoms with Crippen molar-refractivity contribution in [2.24, 2.45) is 11.3 Å². The monoisotopic (exact) mass is 291 g/mol. The summed E-state index contributed by atoms with van der Waals surface area (Å²) in [7, 11) is 0. The van der Waals surface area contributed by atoms with Crippen molar-refractivity contribution < 1.29 is 4.39 Å². The molecule has 1 aliphatic rings. The van der Waals surface area contributed by atoms with Crippen LogP contribution >= 0.6 is 0 Å². The van der Waals surface area contributed by atoms with Gasteiger partial charge >= 0.3 is 0 Å². The summed E-state index contributed by atoms with van der Waals surface area (Å²) in [5, 5.41) is 3.57. The number of hydrogen-bond acceptors (Lipinski definition) is 1. The zero-order valence-corrected chi connectivity index (χ0v) is 14.0. The standard InChI is InChI=1S/C19H30FN/c1-5-8-21-13-15-6-7-19(3,4)12-18(15)16-9-14(2)10-17(20)11-16/h9-11,15,18,21H,5-8,12-13H2,1-4H3. The van der Waals surface area contributed by atoms with Gasteiger partial charge in [0.2, 0.25) is 0 Å². The normalized spacial score (nSPS) is 25.0. The minimum Gasteiger partial charge on any atom is -0.316 e. The SMILES string of the molecule is CCCNCC1CCC(C)(C)CC1c1cc(C)cc(F)c1. The van der Waals surface area contributed by atoms with Crippen molar-refractivity contribution in [2.75, 3.05) is 13.1 Å². The molecule has 2 heteroatoms. The Kier molecular flexibility index (Phi) is 5.43. The first-order chi connectivity index (χ1) is 9.91. The van der Waals surface area contributed by atoms with Crippen LogP contribution in [0.25, 0.3) is 0 Å². The van der Waals surface area contributed by atoms with E-state index in [4.69, 9.17) is 0 Å². The van der Waals surface area contributed by atoms with Crippen molar-refractivity contribution in [3.63, 3.8) is 0 Å². The number of aryl methyl sites for hydroxylation is 1. The molecule has 0 spiro atoms. The van der Waals surface area contributed by atoms with E-state index in [0.29, 0.717) is 17.3 Å². The summed E-state index contributed by atoms with van der Waals surface area (Å²) in [4.78, 5) is 0. The Bertz CT molecular complexity index is 446. The Morgan fingerprint density at radius 2 is 2.05 bits per heavy atom. The van der Waals surface area contributed by atoms with Crippen LogP contribution in [0.4, 0.5) is 4.39 Å². The third-order valence-corrected chi connectivity index (χ3v) is 4.86. The molecule has 0 heterocycles. The van der Waals surface area contributed by atoms with Crippen LogP contribution in [0, 0.1) is 24.1 Å². The maximum Gasteiger partial charge on any atom is 0.123 e. The van der Waals surface area contributed by atoms with E-state index < -0.39 is 0 Å². The predicted molar refractivity (Wildman–Crippen MR) is 88.2 cm³/mol. The highest BCUT2D eigenvalue weighted by Gasteiger charge is 2.35. The molecule has 2 unspecified atom stereocenters. The van der Waals surface area contributed by atoms with Gasteiger partial charge in [-0.2, -0.15) is 0 Å². The van der Waals surface area contributed by atoms with Crippen LogP contribution in [0.5, 0.6) is 0 Å². The Balaban J connectivity index is 2.19. The molecule has 1 fully saturated rings. The molecule has 1 aromatic carbocycles. The summed E-state index contributed by atoms with van der Waals surface area (Å²) in [6, 6.07) is 5.57. The Labute approximate surface area is 129 Å². The van der Waals surface area contributed by atoms with Gasteiger partial charge in [-0.3, -0.25) is 0 Å². The molecule has 2 atom stereocenters. The zero-order chi connectivity index (χ0) is 15.5. The Morgan fingerprint density at radius 3 is 2.71 bits per heavy atom. The van der Waals surface area contributed by atoms with Gasteiger partial charge in [0, 0.05) is 0 Å². The largest absolute Gasteiger partial charge is 0.316 e. The van der Waals surface area contributed by atoms with Gasteiger partial charge in [0.25, 0.3) is 0 Å². The van der Waals surface area contributed by atoms with Crippen molar-refractivity contribution in [2.45, 2.75) is 59.3 Å². The van der Waals surface area contributed by atoms with Gasteiger partial charge in [-0.05, 0) is 86.2 Å². The molecule has 0 radical (unpaired) electrons. The second kappa shape index (κ2) is 6.91. The molecule has 2 rings (SSSR count). The Hall–Kier alpha value is -0.890. The quantitative estimate of drug-likeness (QED) is 0.749. The van der Waals surface area contributed by atoms with Gasteiger partial charge in [0.05, 0.1) is 0 Å². The topological polar surface area (TPSA) is 12.0 Å². The third kappa shape index (κ3) is 4.54. The van der Waals surface area contributed by atoms with Crippen LogP contribution in [-0.4, -0.2) is 13.1 Å². The molecule has 0 aromatic heterocycles. The number of halogens is 1. The fraction of sp³-hybridized carbons (Fsp3) is 0.684.